The lowest BCUT2D eigenvalue weighted by atomic mass is 9.98. The summed E-state index contributed by atoms with van der Waals surface area (Å²) in [6.07, 6.45) is 3.83. The van der Waals surface area contributed by atoms with E-state index < -0.39 is 5.54 Å². The van der Waals surface area contributed by atoms with Gasteiger partial charge in [-0.3, -0.25) is 9.69 Å². The fraction of sp³-hybridized carbons (Fsp3) is 0.500. The van der Waals surface area contributed by atoms with Crippen LogP contribution in [-0.2, 0) is 11.3 Å². The van der Waals surface area contributed by atoms with Gasteiger partial charge in [-0.15, -0.1) is 17.9 Å². The van der Waals surface area contributed by atoms with Gasteiger partial charge in [-0.2, -0.15) is 5.26 Å². The molecule has 1 heterocycles. The van der Waals surface area contributed by atoms with Gasteiger partial charge in [0.2, 0.25) is 5.91 Å². The van der Waals surface area contributed by atoms with E-state index in [0.29, 0.717) is 19.0 Å². The molecule has 1 amide bonds. The van der Waals surface area contributed by atoms with Crippen LogP contribution in [0.5, 0.6) is 0 Å². The van der Waals surface area contributed by atoms with Gasteiger partial charge < -0.3 is 5.32 Å². The Morgan fingerprint density at radius 1 is 1.68 bits per heavy atom. The van der Waals surface area contributed by atoms with Crippen LogP contribution >= 0.6 is 27.3 Å². The first-order valence-corrected chi connectivity index (χ1v) is 8.87. The van der Waals surface area contributed by atoms with Gasteiger partial charge in [0.1, 0.15) is 5.54 Å². The fourth-order valence-corrected chi connectivity index (χ4v) is 3.96. The third kappa shape index (κ3) is 4.67. The van der Waals surface area contributed by atoms with Crippen LogP contribution < -0.4 is 5.32 Å². The molecule has 0 bridgehead atoms. The molecule has 0 spiro atoms. The Hall–Kier alpha value is -1.16. The minimum Gasteiger partial charge on any atom is -0.337 e. The number of carbonyl (C=O) groups excluding carboxylic acids is 1. The number of hydrogen-bond acceptors (Lipinski definition) is 4. The van der Waals surface area contributed by atoms with E-state index in [1.807, 2.05) is 24.0 Å². The molecule has 4 nitrogen and oxygen atoms in total. The first kappa shape index (κ1) is 17.2. The van der Waals surface area contributed by atoms with Gasteiger partial charge >= 0.3 is 0 Å². The predicted octanol–water partition coefficient (Wildman–Crippen LogP) is 3.31. The molecule has 0 aliphatic heterocycles. The number of nitrogens with zero attached hydrogens (tertiary/aromatic N) is 2. The quantitative estimate of drug-likeness (QED) is 0.702. The minimum absolute atomic E-state index is 0.103. The minimum atomic E-state index is -0.733. The molecule has 0 unspecified atom stereocenters. The summed E-state index contributed by atoms with van der Waals surface area (Å²) in [5.41, 5.74) is -0.733. The highest BCUT2D eigenvalue weighted by atomic mass is 79.9. The number of hydrogen-bond donors (Lipinski definition) is 1. The van der Waals surface area contributed by atoms with E-state index in [9.17, 15) is 10.1 Å². The van der Waals surface area contributed by atoms with Crippen LogP contribution in [0.3, 0.4) is 0 Å². The van der Waals surface area contributed by atoms with Crippen molar-refractivity contribution in [2.24, 2.45) is 5.92 Å². The average molecular weight is 382 g/mol. The highest BCUT2D eigenvalue weighted by molar-refractivity contribution is 9.11. The van der Waals surface area contributed by atoms with Crippen LogP contribution in [0.25, 0.3) is 0 Å². The number of rotatable bonds is 8. The van der Waals surface area contributed by atoms with Crippen LogP contribution in [0.1, 0.15) is 24.6 Å². The molecule has 118 valence electrons. The molecular formula is C16H20BrN3OS. The monoisotopic (exact) mass is 381 g/mol. The van der Waals surface area contributed by atoms with Gasteiger partial charge in [-0.05, 0) is 53.7 Å². The fourth-order valence-electron chi connectivity index (χ4n) is 2.44. The highest BCUT2D eigenvalue weighted by Gasteiger charge is 2.43. The smallest absolute Gasteiger partial charge is 0.235 e. The molecule has 22 heavy (non-hydrogen) atoms. The van der Waals surface area contributed by atoms with Crippen LogP contribution in [0.4, 0.5) is 0 Å². The molecule has 0 saturated heterocycles. The summed E-state index contributed by atoms with van der Waals surface area (Å²) in [6.45, 7) is 7.17. The molecule has 1 fully saturated rings. The molecule has 1 saturated carbocycles. The molecular weight excluding hydrogens is 362 g/mol. The van der Waals surface area contributed by atoms with Crippen molar-refractivity contribution in [2.45, 2.75) is 31.8 Å². The van der Waals surface area contributed by atoms with E-state index >= 15 is 0 Å². The molecule has 0 radical (unpaired) electrons. The normalized spacial score (nSPS) is 16.8. The second kappa shape index (κ2) is 7.40. The number of nitrogens with one attached hydrogen (secondary N) is 1. The number of nitriles is 1. The Labute approximate surface area is 143 Å². The number of thiophene rings is 1. The lowest BCUT2D eigenvalue weighted by Gasteiger charge is -2.25. The summed E-state index contributed by atoms with van der Waals surface area (Å²) in [6, 6.07) is 6.31. The summed E-state index contributed by atoms with van der Waals surface area (Å²) < 4.78 is 1.08. The van der Waals surface area contributed by atoms with Crippen molar-refractivity contribution in [2.75, 3.05) is 13.1 Å². The van der Waals surface area contributed by atoms with Gasteiger partial charge in [-0.1, -0.05) is 6.08 Å². The molecule has 6 heteroatoms. The largest absolute Gasteiger partial charge is 0.337 e. The topological polar surface area (TPSA) is 56.1 Å². The number of halogens is 1. The van der Waals surface area contributed by atoms with Crippen molar-refractivity contribution in [3.63, 3.8) is 0 Å². The zero-order valence-electron chi connectivity index (χ0n) is 12.6. The third-order valence-electron chi connectivity index (χ3n) is 3.79. The Morgan fingerprint density at radius 2 is 2.41 bits per heavy atom. The Kier molecular flexibility index (Phi) is 5.79. The predicted molar refractivity (Wildman–Crippen MR) is 92.4 cm³/mol. The molecule has 1 aromatic heterocycles. The van der Waals surface area contributed by atoms with E-state index in [1.54, 1.807) is 17.4 Å². The molecule has 1 aromatic rings. The van der Waals surface area contributed by atoms with Crippen molar-refractivity contribution in [3.05, 3.63) is 33.5 Å². The summed E-state index contributed by atoms with van der Waals surface area (Å²) >= 11 is 5.11. The SMILES string of the molecule is C=CCN(CC(=O)N[C@@](C)(C#N)C1CC1)Cc1ccc(Br)s1. The summed E-state index contributed by atoms with van der Waals surface area (Å²) in [4.78, 5) is 15.5. The van der Waals surface area contributed by atoms with Crippen molar-refractivity contribution >= 4 is 33.2 Å². The Bertz CT molecular complexity index is 590. The lowest BCUT2D eigenvalue weighted by molar-refractivity contribution is -0.123. The number of amides is 1. The first-order valence-electron chi connectivity index (χ1n) is 7.26. The van der Waals surface area contributed by atoms with E-state index in [0.717, 1.165) is 16.6 Å². The van der Waals surface area contributed by atoms with Crippen LogP contribution in [0, 0.1) is 17.2 Å². The summed E-state index contributed by atoms with van der Waals surface area (Å²) in [5.74, 6) is 0.191. The Morgan fingerprint density at radius 3 is 2.91 bits per heavy atom. The maximum Gasteiger partial charge on any atom is 0.235 e. The second-order valence-electron chi connectivity index (χ2n) is 5.80. The molecule has 1 atom stereocenters. The molecule has 0 aromatic carbocycles. The van der Waals surface area contributed by atoms with E-state index in [4.69, 9.17) is 0 Å². The highest BCUT2D eigenvalue weighted by Crippen LogP contribution is 2.39. The van der Waals surface area contributed by atoms with Gasteiger partial charge in [0, 0.05) is 18.0 Å². The van der Waals surface area contributed by atoms with E-state index in [-0.39, 0.29) is 12.5 Å². The van der Waals surface area contributed by atoms with Crippen LogP contribution in [0.2, 0.25) is 0 Å². The number of carbonyl (C=O) groups is 1. The second-order valence-corrected chi connectivity index (χ2v) is 8.35. The van der Waals surface area contributed by atoms with E-state index in [1.165, 1.54) is 4.88 Å². The van der Waals surface area contributed by atoms with Gasteiger partial charge in [0.05, 0.1) is 16.4 Å². The molecule has 1 aliphatic carbocycles. The lowest BCUT2D eigenvalue weighted by Crippen LogP contribution is -2.50. The Balaban J connectivity index is 1.93. The van der Waals surface area contributed by atoms with Gasteiger partial charge in [0.25, 0.3) is 0 Å². The average Bonchev–Trinajstić information content (AvgIpc) is 3.24. The maximum atomic E-state index is 12.3. The van der Waals surface area contributed by atoms with Crippen molar-refractivity contribution in [1.29, 1.82) is 5.26 Å². The van der Waals surface area contributed by atoms with Crippen molar-refractivity contribution < 1.29 is 4.79 Å². The molecule has 1 aliphatic rings. The van der Waals surface area contributed by atoms with Gasteiger partial charge in [-0.25, -0.2) is 0 Å². The van der Waals surface area contributed by atoms with Crippen LogP contribution in [0.15, 0.2) is 28.6 Å². The van der Waals surface area contributed by atoms with Crippen LogP contribution in [-0.4, -0.2) is 29.4 Å². The van der Waals surface area contributed by atoms with E-state index in [2.05, 4.69) is 33.9 Å². The summed E-state index contributed by atoms with van der Waals surface area (Å²) in [7, 11) is 0. The molecule has 2 rings (SSSR count). The zero-order chi connectivity index (χ0) is 16.2. The van der Waals surface area contributed by atoms with Gasteiger partial charge in [0.15, 0.2) is 0 Å². The maximum absolute atomic E-state index is 12.3. The third-order valence-corrected chi connectivity index (χ3v) is 5.40. The molecule has 1 N–H and O–H groups in total. The first-order chi connectivity index (χ1) is 10.5. The standard InChI is InChI=1S/C16H20BrN3OS/c1-3-8-20(9-13-6-7-14(17)22-13)10-15(21)19-16(2,11-18)12-4-5-12/h3,6-7,12H,1,4-5,8-10H2,2H3,(H,19,21)/t16-/m0/s1. The summed E-state index contributed by atoms with van der Waals surface area (Å²) in [5, 5.41) is 12.2. The zero-order valence-corrected chi connectivity index (χ0v) is 15.0. The van der Waals surface area contributed by atoms with Crippen molar-refractivity contribution in [3.8, 4) is 6.07 Å². The van der Waals surface area contributed by atoms with Crippen molar-refractivity contribution in [1.82, 2.24) is 10.2 Å².